The molecule has 0 bridgehead atoms. The molecule has 166 valence electrons. The van der Waals surface area contributed by atoms with Crippen molar-refractivity contribution in [3.63, 3.8) is 0 Å². The van der Waals surface area contributed by atoms with Crippen LogP contribution in [0.5, 0.6) is 11.5 Å². The number of carbonyl (C=O) groups excluding carboxylic acids is 1. The van der Waals surface area contributed by atoms with Gasteiger partial charge in [-0.3, -0.25) is 4.79 Å². The predicted molar refractivity (Wildman–Crippen MR) is 123 cm³/mol. The third kappa shape index (κ3) is 4.87. The van der Waals surface area contributed by atoms with Crippen molar-refractivity contribution in [2.45, 2.75) is 13.0 Å². The van der Waals surface area contributed by atoms with Crippen LogP contribution in [-0.4, -0.2) is 46.7 Å². The first-order chi connectivity index (χ1) is 16.1. The highest BCUT2D eigenvalue weighted by molar-refractivity contribution is 5.78. The lowest BCUT2D eigenvalue weighted by Crippen LogP contribution is -2.57. The summed E-state index contributed by atoms with van der Waals surface area (Å²) in [6, 6.07) is 24.8. The van der Waals surface area contributed by atoms with Crippen LogP contribution in [-0.2, 0) is 4.79 Å². The van der Waals surface area contributed by atoms with Crippen molar-refractivity contribution in [3.8, 4) is 34.3 Å². The van der Waals surface area contributed by atoms with Gasteiger partial charge in [-0.1, -0.05) is 53.2 Å². The Bertz CT molecular complexity index is 1210. The number of ether oxygens (including phenoxy) is 2. The van der Waals surface area contributed by atoms with Crippen LogP contribution in [0.2, 0.25) is 0 Å². The summed E-state index contributed by atoms with van der Waals surface area (Å²) in [5, 5.41) is 4.05. The maximum atomic E-state index is 12.3. The molecule has 1 saturated heterocycles. The minimum absolute atomic E-state index is 0.0274. The molecule has 0 N–H and O–H groups in total. The zero-order valence-electron chi connectivity index (χ0n) is 18.2. The molecule has 2 heterocycles. The molecule has 1 aliphatic heterocycles. The van der Waals surface area contributed by atoms with Gasteiger partial charge in [0.15, 0.2) is 6.61 Å². The average Bonchev–Trinajstić information content (AvgIpc) is 3.32. The zero-order chi connectivity index (χ0) is 22.6. The molecule has 0 spiro atoms. The second kappa shape index (κ2) is 9.16. The van der Waals surface area contributed by atoms with Gasteiger partial charge in [0.1, 0.15) is 17.6 Å². The van der Waals surface area contributed by atoms with Crippen molar-refractivity contribution in [2.75, 3.05) is 19.7 Å². The summed E-state index contributed by atoms with van der Waals surface area (Å²) in [4.78, 5) is 18.5. The largest absolute Gasteiger partial charge is 0.487 e. The number of amides is 1. The Hall–Kier alpha value is -4.13. The fourth-order valence-corrected chi connectivity index (χ4v) is 3.50. The first kappa shape index (κ1) is 20.8. The van der Waals surface area contributed by atoms with E-state index >= 15 is 0 Å². The molecule has 0 aliphatic carbocycles. The van der Waals surface area contributed by atoms with Gasteiger partial charge in [-0.05, 0) is 43.3 Å². The molecule has 4 aromatic rings. The van der Waals surface area contributed by atoms with Gasteiger partial charge in [-0.15, -0.1) is 0 Å². The van der Waals surface area contributed by atoms with E-state index in [4.69, 9.17) is 14.0 Å². The van der Waals surface area contributed by atoms with Gasteiger partial charge in [0.25, 0.3) is 11.8 Å². The summed E-state index contributed by atoms with van der Waals surface area (Å²) in [5.41, 5.74) is 2.87. The molecule has 1 fully saturated rings. The summed E-state index contributed by atoms with van der Waals surface area (Å²) in [6.07, 6.45) is -0.0349. The van der Waals surface area contributed by atoms with E-state index in [1.165, 1.54) is 0 Å². The van der Waals surface area contributed by atoms with E-state index in [0.717, 1.165) is 22.4 Å². The Morgan fingerprint density at radius 3 is 2.36 bits per heavy atom. The molecule has 33 heavy (non-hydrogen) atoms. The van der Waals surface area contributed by atoms with Crippen molar-refractivity contribution >= 4 is 5.91 Å². The van der Waals surface area contributed by atoms with Gasteiger partial charge < -0.3 is 18.9 Å². The van der Waals surface area contributed by atoms with Crippen LogP contribution >= 0.6 is 0 Å². The first-order valence-electron chi connectivity index (χ1n) is 10.8. The second-order valence-electron chi connectivity index (χ2n) is 7.95. The zero-order valence-corrected chi connectivity index (χ0v) is 18.2. The van der Waals surface area contributed by atoms with Crippen LogP contribution in [0.15, 0.2) is 83.4 Å². The fraction of sp³-hybridized carbons (Fsp3) is 0.192. The standard InChI is InChI=1S/C26H23N3O4/c1-18-7-11-21(12-8-18)31-17-24(30)29-15-23(16-29)32-22-13-9-20(10-14-22)26-27-25(28-33-26)19-5-3-2-4-6-19/h2-14,23H,15-17H2,1H3. The van der Waals surface area contributed by atoms with Crippen LogP contribution in [0.1, 0.15) is 5.56 Å². The Kier molecular flexibility index (Phi) is 5.76. The van der Waals surface area contributed by atoms with E-state index in [2.05, 4.69) is 10.1 Å². The van der Waals surface area contributed by atoms with E-state index < -0.39 is 0 Å². The fourth-order valence-electron chi connectivity index (χ4n) is 3.50. The number of carbonyl (C=O) groups is 1. The second-order valence-corrected chi connectivity index (χ2v) is 7.95. The highest BCUT2D eigenvalue weighted by atomic mass is 16.5. The molecule has 0 radical (unpaired) electrons. The van der Waals surface area contributed by atoms with Crippen LogP contribution < -0.4 is 9.47 Å². The molecule has 3 aromatic carbocycles. The molecule has 0 saturated carbocycles. The van der Waals surface area contributed by atoms with Crippen molar-refractivity contribution in [1.82, 2.24) is 15.0 Å². The molecule has 0 unspecified atom stereocenters. The van der Waals surface area contributed by atoms with Gasteiger partial charge >= 0.3 is 0 Å². The molecule has 1 amide bonds. The van der Waals surface area contributed by atoms with Gasteiger partial charge in [0, 0.05) is 11.1 Å². The molecule has 7 heteroatoms. The van der Waals surface area contributed by atoms with Crippen LogP contribution in [0.25, 0.3) is 22.8 Å². The number of likely N-dealkylation sites (tertiary alicyclic amines) is 1. The van der Waals surface area contributed by atoms with Crippen molar-refractivity contribution < 1.29 is 18.8 Å². The summed E-state index contributed by atoms with van der Waals surface area (Å²) >= 11 is 0. The lowest BCUT2D eigenvalue weighted by Gasteiger charge is -2.38. The number of aromatic nitrogens is 2. The van der Waals surface area contributed by atoms with E-state index in [-0.39, 0.29) is 18.6 Å². The van der Waals surface area contributed by atoms with Gasteiger partial charge in [0.05, 0.1) is 13.1 Å². The average molecular weight is 441 g/mol. The molecule has 5 rings (SSSR count). The summed E-state index contributed by atoms with van der Waals surface area (Å²) in [7, 11) is 0. The Morgan fingerprint density at radius 2 is 1.64 bits per heavy atom. The lowest BCUT2D eigenvalue weighted by molar-refractivity contribution is -0.142. The Labute approximate surface area is 191 Å². The predicted octanol–water partition coefficient (Wildman–Crippen LogP) is 4.38. The number of benzene rings is 3. The quantitative estimate of drug-likeness (QED) is 0.424. The Morgan fingerprint density at radius 1 is 0.939 bits per heavy atom. The van der Waals surface area contributed by atoms with E-state index in [1.54, 1.807) is 4.90 Å². The van der Waals surface area contributed by atoms with Crippen molar-refractivity contribution in [2.24, 2.45) is 0 Å². The summed E-state index contributed by atoms with van der Waals surface area (Å²) in [5.74, 6) is 2.39. The highest BCUT2D eigenvalue weighted by Crippen LogP contribution is 2.25. The van der Waals surface area contributed by atoms with Gasteiger partial charge in [-0.2, -0.15) is 4.98 Å². The minimum Gasteiger partial charge on any atom is -0.487 e. The van der Waals surface area contributed by atoms with Crippen LogP contribution in [0, 0.1) is 6.92 Å². The summed E-state index contributed by atoms with van der Waals surface area (Å²) in [6.45, 7) is 3.12. The van der Waals surface area contributed by atoms with E-state index in [1.807, 2.05) is 85.8 Å². The summed E-state index contributed by atoms with van der Waals surface area (Å²) < 4.78 is 16.9. The molecule has 1 aliphatic rings. The van der Waals surface area contributed by atoms with Crippen LogP contribution in [0.4, 0.5) is 0 Å². The van der Waals surface area contributed by atoms with E-state index in [9.17, 15) is 4.79 Å². The third-order valence-corrected chi connectivity index (χ3v) is 5.45. The number of hydrogen-bond donors (Lipinski definition) is 0. The monoisotopic (exact) mass is 441 g/mol. The number of aryl methyl sites for hydroxylation is 1. The number of hydrogen-bond acceptors (Lipinski definition) is 6. The van der Waals surface area contributed by atoms with Gasteiger partial charge in [-0.25, -0.2) is 0 Å². The number of nitrogens with zero attached hydrogens (tertiary/aromatic N) is 3. The number of rotatable bonds is 7. The van der Waals surface area contributed by atoms with Crippen LogP contribution in [0.3, 0.4) is 0 Å². The maximum absolute atomic E-state index is 12.3. The molecule has 7 nitrogen and oxygen atoms in total. The maximum Gasteiger partial charge on any atom is 0.260 e. The van der Waals surface area contributed by atoms with E-state index in [0.29, 0.717) is 30.6 Å². The van der Waals surface area contributed by atoms with Crippen molar-refractivity contribution in [3.05, 3.63) is 84.4 Å². The molecular weight excluding hydrogens is 418 g/mol. The highest BCUT2D eigenvalue weighted by Gasteiger charge is 2.32. The normalized spacial score (nSPS) is 13.4. The van der Waals surface area contributed by atoms with Gasteiger partial charge in [0.2, 0.25) is 5.82 Å². The first-order valence-corrected chi connectivity index (χ1v) is 10.8. The lowest BCUT2D eigenvalue weighted by atomic mass is 10.1. The molecule has 1 aromatic heterocycles. The molecule has 0 atom stereocenters. The van der Waals surface area contributed by atoms with Crippen molar-refractivity contribution in [1.29, 1.82) is 0 Å². The minimum atomic E-state index is -0.0450. The SMILES string of the molecule is Cc1ccc(OCC(=O)N2CC(Oc3ccc(-c4nc(-c5ccccc5)no4)cc3)C2)cc1. The Balaban J connectivity index is 1.10. The third-order valence-electron chi connectivity index (χ3n) is 5.45. The smallest absolute Gasteiger partial charge is 0.260 e. The topological polar surface area (TPSA) is 77.7 Å². The molecular formula is C26H23N3O4.